The molecule has 0 aromatic heterocycles. The van der Waals surface area contributed by atoms with Crippen LogP contribution in [0.2, 0.25) is 0 Å². The lowest BCUT2D eigenvalue weighted by Crippen LogP contribution is -2.24. The van der Waals surface area contributed by atoms with Gasteiger partial charge in [-0.1, -0.05) is 12.5 Å². The molecule has 0 spiro atoms. The van der Waals surface area contributed by atoms with Gasteiger partial charge in [0.2, 0.25) is 0 Å². The van der Waals surface area contributed by atoms with E-state index in [9.17, 15) is 0 Å². The van der Waals surface area contributed by atoms with Crippen molar-refractivity contribution in [3.8, 4) is 11.5 Å². The summed E-state index contributed by atoms with van der Waals surface area (Å²) in [6.07, 6.45) is 6.54. The topological polar surface area (TPSA) is 21.7 Å². The second kappa shape index (κ2) is 6.04. The molecule has 3 rings (SSSR count). The number of nitrogens with zero attached hydrogens (tertiary/aromatic N) is 1. The largest absolute Gasteiger partial charge is 0.496 e. The average molecular weight is 275 g/mol. The minimum absolute atomic E-state index is 0.507. The van der Waals surface area contributed by atoms with Crippen LogP contribution in [-0.4, -0.2) is 38.3 Å². The van der Waals surface area contributed by atoms with Gasteiger partial charge in [-0.2, -0.15) is 0 Å². The van der Waals surface area contributed by atoms with Gasteiger partial charge in [0.1, 0.15) is 11.5 Å². The zero-order valence-corrected chi connectivity index (χ0v) is 12.6. The van der Waals surface area contributed by atoms with Gasteiger partial charge in [-0.05, 0) is 51.4 Å². The number of methoxy groups -OCH3 is 1. The first-order valence-electron chi connectivity index (χ1n) is 7.79. The van der Waals surface area contributed by atoms with Crippen molar-refractivity contribution in [2.75, 3.05) is 27.3 Å². The summed E-state index contributed by atoms with van der Waals surface area (Å²) in [5, 5.41) is 0. The molecule has 2 atom stereocenters. The molecule has 0 aliphatic carbocycles. The van der Waals surface area contributed by atoms with Gasteiger partial charge in [0.05, 0.1) is 13.7 Å². The Morgan fingerprint density at radius 2 is 2.25 bits per heavy atom. The molecule has 0 amide bonds. The van der Waals surface area contributed by atoms with E-state index < -0.39 is 0 Å². The third kappa shape index (κ3) is 2.64. The minimum Gasteiger partial charge on any atom is -0.496 e. The van der Waals surface area contributed by atoms with E-state index in [1.54, 1.807) is 7.11 Å². The zero-order chi connectivity index (χ0) is 13.9. The predicted molar refractivity (Wildman–Crippen MR) is 80.7 cm³/mol. The zero-order valence-electron chi connectivity index (χ0n) is 12.6. The van der Waals surface area contributed by atoms with Gasteiger partial charge in [0, 0.05) is 17.5 Å². The van der Waals surface area contributed by atoms with E-state index in [4.69, 9.17) is 9.47 Å². The fraction of sp³-hybridized carbons (Fsp3) is 0.647. The van der Waals surface area contributed by atoms with Gasteiger partial charge >= 0.3 is 0 Å². The van der Waals surface area contributed by atoms with Crippen molar-refractivity contribution in [3.05, 3.63) is 23.8 Å². The van der Waals surface area contributed by atoms with Gasteiger partial charge in [-0.25, -0.2) is 0 Å². The molecule has 0 bridgehead atoms. The smallest absolute Gasteiger partial charge is 0.126 e. The third-order valence-electron chi connectivity index (χ3n) is 4.86. The van der Waals surface area contributed by atoms with E-state index >= 15 is 0 Å². The summed E-state index contributed by atoms with van der Waals surface area (Å²) < 4.78 is 11.3. The molecular formula is C17H25NO2. The number of ether oxygens (including phenoxy) is 2. The summed E-state index contributed by atoms with van der Waals surface area (Å²) in [6.45, 7) is 2.09. The summed E-state index contributed by atoms with van der Waals surface area (Å²) in [5.41, 5.74) is 1.29. The highest BCUT2D eigenvalue weighted by molar-refractivity contribution is 5.49. The monoisotopic (exact) mass is 275 g/mol. The molecule has 1 aromatic rings. The molecule has 2 aliphatic rings. The average Bonchev–Trinajstić information content (AvgIpc) is 3.06. The molecule has 1 saturated heterocycles. The van der Waals surface area contributed by atoms with Crippen LogP contribution in [0.25, 0.3) is 0 Å². The number of likely N-dealkylation sites (tertiary alicyclic amines) is 1. The molecule has 110 valence electrons. The molecule has 3 nitrogen and oxygen atoms in total. The lowest BCUT2D eigenvalue weighted by atomic mass is 9.93. The molecule has 0 saturated carbocycles. The number of rotatable bonds is 5. The van der Waals surface area contributed by atoms with Crippen LogP contribution in [0.4, 0.5) is 0 Å². The Morgan fingerprint density at radius 3 is 3.00 bits per heavy atom. The fourth-order valence-electron chi connectivity index (χ4n) is 3.68. The summed E-state index contributed by atoms with van der Waals surface area (Å²) >= 11 is 0. The molecule has 3 heteroatoms. The maximum absolute atomic E-state index is 5.81. The molecule has 0 unspecified atom stereocenters. The van der Waals surface area contributed by atoms with Crippen molar-refractivity contribution in [2.45, 2.75) is 44.1 Å². The van der Waals surface area contributed by atoms with Crippen molar-refractivity contribution in [3.63, 3.8) is 0 Å². The van der Waals surface area contributed by atoms with Gasteiger partial charge < -0.3 is 14.4 Å². The van der Waals surface area contributed by atoms with Crippen LogP contribution in [0.3, 0.4) is 0 Å². The maximum atomic E-state index is 5.81. The van der Waals surface area contributed by atoms with Crippen LogP contribution in [0.1, 0.15) is 43.6 Å². The second-order valence-electron chi connectivity index (χ2n) is 6.09. The number of hydrogen-bond acceptors (Lipinski definition) is 3. The van der Waals surface area contributed by atoms with Crippen LogP contribution in [0.15, 0.2) is 18.2 Å². The second-order valence-corrected chi connectivity index (χ2v) is 6.09. The Labute approximate surface area is 121 Å². The Balaban J connectivity index is 1.58. The SMILES string of the molecule is COc1cccc2c1[C@@H](CCC[C@H]1CCCN1C)CO2. The highest BCUT2D eigenvalue weighted by Gasteiger charge is 2.28. The normalized spacial score (nSPS) is 25.5. The summed E-state index contributed by atoms with van der Waals surface area (Å²) in [5.74, 6) is 2.52. The van der Waals surface area contributed by atoms with E-state index in [-0.39, 0.29) is 0 Å². The van der Waals surface area contributed by atoms with Crippen molar-refractivity contribution < 1.29 is 9.47 Å². The quantitative estimate of drug-likeness (QED) is 0.821. The van der Waals surface area contributed by atoms with Crippen molar-refractivity contribution >= 4 is 0 Å². The number of benzene rings is 1. The summed E-state index contributed by atoms with van der Waals surface area (Å²) in [4.78, 5) is 2.51. The first kappa shape index (κ1) is 13.7. The highest BCUT2D eigenvalue weighted by atomic mass is 16.5. The van der Waals surface area contributed by atoms with Crippen molar-refractivity contribution in [1.82, 2.24) is 4.90 Å². The lowest BCUT2D eigenvalue weighted by Gasteiger charge is -2.20. The van der Waals surface area contributed by atoms with Crippen LogP contribution in [-0.2, 0) is 0 Å². The first-order chi connectivity index (χ1) is 9.79. The van der Waals surface area contributed by atoms with E-state index in [2.05, 4.69) is 18.0 Å². The van der Waals surface area contributed by atoms with Gasteiger partial charge in [0.25, 0.3) is 0 Å². The number of hydrogen-bond donors (Lipinski definition) is 0. The molecule has 1 fully saturated rings. The molecule has 0 radical (unpaired) electrons. The minimum atomic E-state index is 0.507. The molecule has 2 heterocycles. The first-order valence-corrected chi connectivity index (χ1v) is 7.79. The lowest BCUT2D eigenvalue weighted by molar-refractivity contribution is 0.280. The third-order valence-corrected chi connectivity index (χ3v) is 4.86. The molecule has 0 N–H and O–H groups in total. The van der Waals surface area contributed by atoms with Crippen LogP contribution in [0.5, 0.6) is 11.5 Å². The van der Waals surface area contributed by atoms with Crippen molar-refractivity contribution in [1.29, 1.82) is 0 Å². The molecule has 1 aromatic carbocycles. The van der Waals surface area contributed by atoms with Gasteiger partial charge in [0.15, 0.2) is 0 Å². The standard InChI is InChI=1S/C17H25NO2/c1-18-11-5-8-14(18)7-3-6-13-12-20-16-10-4-9-15(19-2)17(13)16/h4,9-10,13-14H,3,5-8,11-12H2,1-2H3/t13-,14-/m0/s1. The highest BCUT2D eigenvalue weighted by Crippen LogP contribution is 2.42. The molecule has 20 heavy (non-hydrogen) atoms. The van der Waals surface area contributed by atoms with Crippen LogP contribution < -0.4 is 9.47 Å². The van der Waals surface area contributed by atoms with E-state index in [0.717, 1.165) is 24.1 Å². The van der Waals surface area contributed by atoms with Crippen LogP contribution in [0, 0.1) is 0 Å². The predicted octanol–water partition coefficient (Wildman–Crippen LogP) is 3.44. The van der Waals surface area contributed by atoms with E-state index in [0.29, 0.717) is 5.92 Å². The summed E-state index contributed by atoms with van der Waals surface area (Å²) in [6, 6.07) is 6.91. The van der Waals surface area contributed by atoms with E-state index in [1.807, 2.05) is 12.1 Å². The number of fused-ring (bicyclic) bond motifs is 1. The Morgan fingerprint density at radius 1 is 1.35 bits per heavy atom. The Hall–Kier alpha value is -1.22. The summed E-state index contributed by atoms with van der Waals surface area (Å²) in [7, 11) is 4.01. The molecule has 2 aliphatic heterocycles. The molecular weight excluding hydrogens is 250 g/mol. The Kier molecular flexibility index (Phi) is 4.16. The fourth-order valence-corrected chi connectivity index (χ4v) is 3.68. The van der Waals surface area contributed by atoms with Crippen molar-refractivity contribution in [2.24, 2.45) is 0 Å². The van der Waals surface area contributed by atoms with Crippen LogP contribution >= 0.6 is 0 Å². The van der Waals surface area contributed by atoms with Gasteiger partial charge in [-0.3, -0.25) is 0 Å². The Bertz CT molecular complexity index is 460. The van der Waals surface area contributed by atoms with E-state index in [1.165, 1.54) is 44.2 Å². The van der Waals surface area contributed by atoms with Gasteiger partial charge in [-0.15, -0.1) is 0 Å². The maximum Gasteiger partial charge on any atom is 0.126 e.